The maximum atomic E-state index is 13.4. The van der Waals surface area contributed by atoms with E-state index in [1.54, 1.807) is 26.2 Å². The molecule has 41 heavy (non-hydrogen) atoms. The number of methoxy groups -OCH3 is 1. The first-order valence-electron chi connectivity index (χ1n) is 13.3. The van der Waals surface area contributed by atoms with Crippen molar-refractivity contribution in [3.8, 4) is 11.3 Å². The maximum absolute atomic E-state index is 13.4. The largest absolute Gasteiger partial charge is 0.552 e. The summed E-state index contributed by atoms with van der Waals surface area (Å²) in [4.78, 5) is 57.3. The highest BCUT2D eigenvalue weighted by atomic mass is 16.7. The number of amides is 2. The topological polar surface area (TPSA) is 156 Å². The van der Waals surface area contributed by atoms with Crippen LogP contribution in [0.5, 0.6) is 0 Å². The molecule has 220 valence electrons. The Morgan fingerprint density at radius 3 is 2.34 bits per heavy atom. The van der Waals surface area contributed by atoms with Gasteiger partial charge in [0.05, 0.1) is 24.8 Å². The molecule has 5 atom stereocenters. The number of aliphatic hydroxyl groups excluding tert-OH is 1. The zero-order valence-electron chi connectivity index (χ0n) is 24.1. The van der Waals surface area contributed by atoms with Gasteiger partial charge in [0.1, 0.15) is 17.8 Å². The van der Waals surface area contributed by atoms with Crippen LogP contribution in [0.15, 0.2) is 48.5 Å². The number of aliphatic hydroxyl groups is 1. The molecule has 13 heteroatoms. The predicted molar refractivity (Wildman–Crippen MR) is 150 cm³/mol. The number of nitrogens with one attached hydrogen (secondary N) is 2. The third kappa shape index (κ3) is 8.12. The normalized spacial score (nSPS) is 17.9. The molecule has 2 heterocycles. The number of aromatic nitrogens is 1. The Hall–Kier alpha value is -3.81. The molecule has 1 aromatic heterocycles. The monoisotopic (exact) mass is 568 g/mol. The number of carbonyl (C=O) groups is 4. The van der Waals surface area contributed by atoms with E-state index in [2.05, 4.69) is 15.6 Å². The van der Waals surface area contributed by atoms with Gasteiger partial charge in [0.15, 0.2) is 6.10 Å². The molecule has 0 radical (unpaired) electrons. The van der Waals surface area contributed by atoms with Gasteiger partial charge in [-0.2, -0.15) is 0 Å². The van der Waals surface area contributed by atoms with E-state index >= 15 is 0 Å². The summed E-state index contributed by atoms with van der Waals surface area (Å²) in [6.45, 7) is 5.18. The van der Waals surface area contributed by atoms with E-state index in [-0.39, 0.29) is 11.6 Å². The first kappa shape index (κ1) is 31.7. The molecule has 1 fully saturated rings. The lowest BCUT2D eigenvalue weighted by Crippen LogP contribution is -2.58. The molecule has 12 nitrogen and oxygen atoms in total. The van der Waals surface area contributed by atoms with Gasteiger partial charge in [-0.05, 0) is 45.5 Å². The van der Waals surface area contributed by atoms with Crippen molar-refractivity contribution in [1.82, 2.24) is 20.5 Å². The molecular weight excluding hydrogens is 531 g/mol. The fraction of sp³-hybridized carbons (Fsp3) is 0.464. The average Bonchev–Trinajstić information content (AvgIpc) is 3.31. The molecule has 1 aliphatic heterocycles. The van der Waals surface area contributed by atoms with Crippen molar-refractivity contribution in [2.45, 2.75) is 57.4 Å². The van der Waals surface area contributed by atoms with Crippen molar-refractivity contribution >= 4 is 30.9 Å². The molecule has 0 saturated carbocycles. The van der Waals surface area contributed by atoms with Crippen LogP contribution in [-0.4, -0.2) is 97.3 Å². The molecule has 0 aliphatic carbocycles. The third-order valence-electron chi connectivity index (χ3n) is 6.52. The molecule has 2 aromatic rings. The molecular formula is C28H37BN4O8. The van der Waals surface area contributed by atoms with Crippen molar-refractivity contribution < 1.29 is 38.3 Å². The second kappa shape index (κ2) is 14.2. The van der Waals surface area contributed by atoms with Crippen LogP contribution < -0.4 is 10.6 Å². The van der Waals surface area contributed by atoms with Gasteiger partial charge in [-0.1, -0.05) is 50.2 Å². The minimum absolute atomic E-state index is 0.0384. The predicted octanol–water partition coefficient (Wildman–Crippen LogP) is 0.831. The second-order valence-corrected chi connectivity index (χ2v) is 10.5. The zero-order valence-corrected chi connectivity index (χ0v) is 24.1. The lowest BCUT2D eigenvalue weighted by atomic mass is 9.74. The highest BCUT2D eigenvalue weighted by Crippen LogP contribution is 2.22. The lowest BCUT2D eigenvalue weighted by molar-refractivity contribution is -0.154. The summed E-state index contributed by atoms with van der Waals surface area (Å²) in [7, 11) is 3.19. The number of hydrogen-bond donors (Lipinski definition) is 3. The first-order valence-corrected chi connectivity index (χ1v) is 13.3. The Balaban J connectivity index is 1.76. The van der Waals surface area contributed by atoms with Gasteiger partial charge in [-0.3, -0.25) is 24.1 Å². The van der Waals surface area contributed by atoms with Crippen molar-refractivity contribution in [3.63, 3.8) is 0 Å². The van der Waals surface area contributed by atoms with Gasteiger partial charge in [0, 0.05) is 5.56 Å². The zero-order chi connectivity index (χ0) is 30.3. The van der Waals surface area contributed by atoms with E-state index in [4.69, 9.17) is 14.0 Å². The van der Waals surface area contributed by atoms with Gasteiger partial charge in [-0.25, -0.2) is 4.98 Å². The Morgan fingerprint density at radius 1 is 1.07 bits per heavy atom. The molecule has 3 N–H and O–H groups in total. The molecule has 1 aromatic carbocycles. The summed E-state index contributed by atoms with van der Waals surface area (Å²) in [5.74, 6) is -3.61. The molecule has 0 bridgehead atoms. The summed E-state index contributed by atoms with van der Waals surface area (Å²) in [6, 6.07) is 11.8. The van der Waals surface area contributed by atoms with Crippen LogP contribution in [0.25, 0.3) is 11.3 Å². The number of rotatable bonds is 12. The standard InChI is InChI=1S/C28H37BN4O8/c1-16(2)15-21(29-40-24(28(38)41-29)23(33(4)5)27(37)39-6)31-26(36)22(17(3)34)32-25(35)20-14-10-13-19(30-20)18-11-8-7-9-12-18/h7-14,16-17,21-24,34H,15H2,1-6H3,(H,31,36)(H,32,35)/t17-,21+,22+,23-,24-/m1/s1. The molecule has 3 rings (SSSR count). The first-order chi connectivity index (χ1) is 19.4. The Morgan fingerprint density at radius 2 is 1.76 bits per heavy atom. The van der Waals surface area contributed by atoms with Crippen LogP contribution in [-0.2, 0) is 28.4 Å². The van der Waals surface area contributed by atoms with Gasteiger partial charge in [0.25, 0.3) is 5.91 Å². The number of esters is 1. The Bertz CT molecular complexity index is 1230. The van der Waals surface area contributed by atoms with Crippen LogP contribution in [0.1, 0.15) is 37.7 Å². The molecule has 0 spiro atoms. The van der Waals surface area contributed by atoms with E-state index in [0.29, 0.717) is 12.1 Å². The van der Waals surface area contributed by atoms with Crippen molar-refractivity contribution in [2.75, 3.05) is 21.2 Å². The number of likely N-dealkylation sites (N-methyl/N-ethyl adjacent to an activating group) is 1. The molecule has 1 saturated heterocycles. The number of ether oxygens (including phenoxy) is 1. The van der Waals surface area contributed by atoms with Crippen LogP contribution in [0.4, 0.5) is 0 Å². The van der Waals surface area contributed by atoms with E-state index in [1.165, 1.54) is 25.0 Å². The number of nitrogens with zero attached hydrogens (tertiary/aromatic N) is 2. The van der Waals surface area contributed by atoms with Crippen molar-refractivity contribution in [2.24, 2.45) is 5.92 Å². The fourth-order valence-electron chi connectivity index (χ4n) is 4.49. The summed E-state index contributed by atoms with van der Waals surface area (Å²) in [5, 5.41) is 15.7. The second-order valence-electron chi connectivity index (χ2n) is 10.5. The van der Waals surface area contributed by atoms with E-state index in [9.17, 15) is 24.3 Å². The Labute approximate surface area is 239 Å². The maximum Gasteiger partial charge on any atom is 0.552 e. The van der Waals surface area contributed by atoms with Gasteiger partial charge < -0.3 is 29.8 Å². The number of pyridine rings is 1. The lowest BCUT2D eigenvalue weighted by Gasteiger charge is -2.27. The van der Waals surface area contributed by atoms with Gasteiger partial charge in [-0.15, -0.1) is 0 Å². The highest BCUT2D eigenvalue weighted by molar-refractivity contribution is 6.51. The number of benzene rings is 1. The minimum atomic E-state index is -1.35. The molecule has 0 unspecified atom stereocenters. The third-order valence-corrected chi connectivity index (χ3v) is 6.52. The van der Waals surface area contributed by atoms with Crippen molar-refractivity contribution in [1.29, 1.82) is 0 Å². The Kier molecular flexibility index (Phi) is 11.0. The van der Waals surface area contributed by atoms with Crippen LogP contribution in [0.2, 0.25) is 0 Å². The smallest absolute Gasteiger partial charge is 0.506 e. The van der Waals surface area contributed by atoms with Gasteiger partial charge >= 0.3 is 19.1 Å². The summed E-state index contributed by atoms with van der Waals surface area (Å²) in [5.41, 5.74) is 1.46. The average molecular weight is 568 g/mol. The van der Waals surface area contributed by atoms with Crippen LogP contribution >= 0.6 is 0 Å². The van der Waals surface area contributed by atoms with E-state index in [0.717, 1.165) is 5.56 Å². The van der Waals surface area contributed by atoms with Crippen molar-refractivity contribution in [3.05, 3.63) is 54.2 Å². The van der Waals surface area contributed by atoms with Gasteiger partial charge in [0.2, 0.25) is 5.91 Å². The minimum Gasteiger partial charge on any atom is -0.506 e. The van der Waals surface area contributed by atoms with E-state index in [1.807, 2.05) is 44.2 Å². The highest BCUT2D eigenvalue weighted by Gasteiger charge is 2.52. The van der Waals surface area contributed by atoms with Crippen LogP contribution in [0, 0.1) is 5.92 Å². The van der Waals surface area contributed by atoms with Crippen LogP contribution in [0.3, 0.4) is 0 Å². The molecule has 2 amide bonds. The summed E-state index contributed by atoms with van der Waals surface area (Å²) in [6.07, 6.45) is -2.21. The number of hydrogen-bond acceptors (Lipinski definition) is 10. The number of carbonyl (C=O) groups excluding carboxylic acids is 4. The quantitative estimate of drug-likeness (QED) is 0.248. The molecule has 1 aliphatic rings. The SMILES string of the molecule is COC(=O)[C@@H]([C@H]1OB([C@H](CC(C)C)NC(=O)[C@@H](NC(=O)c2cccc(-c3ccccc3)n2)[C@@H](C)O)OC1=O)N(C)C. The van der Waals surface area contributed by atoms with E-state index < -0.39 is 61.1 Å². The summed E-state index contributed by atoms with van der Waals surface area (Å²) >= 11 is 0. The summed E-state index contributed by atoms with van der Waals surface area (Å²) < 4.78 is 16.1. The fourth-order valence-corrected chi connectivity index (χ4v) is 4.49.